The van der Waals surface area contributed by atoms with Crippen LogP contribution in [-0.4, -0.2) is 0 Å². The highest BCUT2D eigenvalue weighted by atomic mass is 14.0. The zero-order valence-electron chi connectivity index (χ0n) is 8.19. The van der Waals surface area contributed by atoms with Gasteiger partial charge in [-0.25, -0.2) is 0 Å². The van der Waals surface area contributed by atoms with Crippen molar-refractivity contribution in [1.82, 2.24) is 0 Å². The molecule has 0 N–H and O–H groups in total. The van der Waals surface area contributed by atoms with E-state index in [1.807, 2.05) is 0 Å². The molecule has 12 heavy (non-hydrogen) atoms. The zero-order valence-corrected chi connectivity index (χ0v) is 8.19. The lowest BCUT2D eigenvalue weighted by molar-refractivity contribution is 0.685. The van der Waals surface area contributed by atoms with E-state index < -0.39 is 0 Å². The first-order valence-electron chi connectivity index (χ1n) is 4.73. The standard InChI is InChI=1S/C12H18/c1-4-6-8-9-11-12(3)10-7-5-2/h2,12H,4,6-8,10H2,1,3H3. The van der Waals surface area contributed by atoms with Gasteiger partial charge >= 0.3 is 0 Å². The molecule has 0 aromatic carbocycles. The van der Waals surface area contributed by atoms with Crippen molar-refractivity contribution in [3.63, 3.8) is 0 Å². The first-order valence-corrected chi connectivity index (χ1v) is 4.73. The molecule has 0 aromatic rings. The van der Waals surface area contributed by atoms with Crippen molar-refractivity contribution in [2.24, 2.45) is 5.92 Å². The number of hydrogen-bond donors (Lipinski definition) is 0. The average molecular weight is 162 g/mol. The van der Waals surface area contributed by atoms with Gasteiger partial charge in [0.1, 0.15) is 0 Å². The van der Waals surface area contributed by atoms with Crippen LogP contribution in [0.25, 0.3) is 0 Å². The predicted molar refractivity (Wildman–Crippen MR) is 54.5 cm³/mol. The largest absolute Gasteiger partial charge is 0.120 e. The van der Waals surface area contributed by atoms with Crippen LogP contribution in [0.1, 0.15) is 46.0 Å². The molecule has 0 aliphatic rings. The monoisotopic (exact) mass is 162 g/mol. The van der Waals surface area contributed by atoms with Crippen LogP contribution in [0.2, 0.25) is 0 Å². The molecule has 0 saturated heterocycles. The molecule has 0 nitrogen and oxygen atoms in total. The SMILES string of the molecule is C#CCCC(C)C#CCCCC. The van der Waals surface area contributed by atoms with E-state index in [4.69, 9.17) is 6.42 Å². The Bertz CT molecular complexity index is 184. The van der Waals surface area contributed by atoms with Gasteiger partial charge in [-0.15, -0.1) is 24.2 Å². The highest BCUT2D eigenvalue weighted by molar-refractivity contribution is 5.03. The Labute approximate surface area is 76.8 Å². The summed E-state index contributed by atoms with van der Waals surface area (Å²) in [5.41, 5.74) is 0. The van der Waals surface area contributed by atoms with Crippen LogP contribution < -0.4 is 0 Å². The van der Waals surface area contributed by atoms with Gasteiger partial charge in [-0.1, -0.05) is 20.3 Å². The molecular weight excluding hydrogens is 144 g/mol. The van der Waals surface area contributed by atoms with Crippen LogP contribution in [0.4, 0.5) is 0 Å². The van der Waals surface area contributed by atoms with Gasteiger partial charge in [0.2, 0.25) is 0 Å². The second-order valence-electron chi connectivity index (χ2n) is 3.07. The second-order valence-corrected chi connectivity index (χ2v) is 3.07. The molecule has 0 radical (unpaired) electrons. The minimum absolute atomic E-state index is 0.470. The van der Waals surface area contributed by atoms with Crippen LogP contribution in [0.3, 0.4) is 0 Å². The lowest BCUT2D eigenvalue weighted by Gasteiger charge is -1.97. The van der Waals surface area contributed by atoms with Crippen molar-refractivity contribution in [2.45, 2.75) is 46.0 Å². The van der Waals surface area contributed by atoms with Gasteiger partial charge < -0.3 is 0 Å². The van der Waals surface area contributed by atoms with Crippen molar-refractivity contribution in [2.75, 3.05) is 0 Å². The third-order valence-electron chi connectivity index (χ3n) is 1.73. The van der Waals surface area contributed by atoms with Crippen molar-refractivity contribution in [1.29, 1.82) is 0 Å². The summed E-state index contributed by atoms with van der Waals surface area (Å²) in [5.74, 6) is 9.49. The van der Waals surface area contributed by atoms with E-state index in [9.17, 15) is 0 Å². The molecule has 0 aliphatic heterocycles. The molecule has 0 fully saturated rings. The molecular formula is C12H18. The Morgan fingerprint density at radius 3 is 2.67 bits per heavy atom. The summed E-state index contributed by atoms with van der Waals surface area (Å²) in [5, 5.41) is 0. The topological polar surface area (TPSA) is 0 Å². The fourth-order valence-corrected chi connectivity index (χ4v) is 0.884. The van der Waals surface area contributed by atoms with Crippen LogP contribution >= 0.6 is 0 Å². The van der Waals surface area contributed by atoms with E-state index in [1.165, 1.54) is 12.8 Å². The van der Waals surface area contributed by atoms with Gasteiger partial charge in [0, 0.05) is 18.8 Å². The number of unbranched alkanes of at least 4 members (excludes halogenated alkanes) is 2. The first-order chi connectivity index (χ1) is 5.81. The van der Waals surface area contributed by atoms with E-state index in [2.05, 4.69) is 31.6 Å². The van der Waals surface area contributed by atoms with Gasteiger partial charge in [0.05, 0.1) is 0 Å². The van der Waals surface area contributed by atoms with Gasteiger partial charge in [0.25, 0.3) is 0 Å². The Hall–Kier alpha value is -0.880. The summed E-state index contributed by atoms with van der Waals surface area (Å²) in [6, 6.07) is 0. The van der Waals surface area contributed by atoms with Gasteiger partial charge in [0.15, 0.2) is 0 Å². The maximum Gasteiger partial charge on any atom is 0.0183 e. The minimum atomic E-state index is 0.470. The highest BCUT2D eigenvalue weighted by Crippen LogP contribution is 2.02. The lowest BCUT2D eigenvalue weighted by atomic mass is 10.1. The molecule has 0 aromatic heterocycles. The maximum absolute atomic E-state index is 5.15. The predicted octanol–water partition coefficient (Wildman–Crippen LogP) is 3.23. The van der Waals surface area contributed by atoms with Crippen molar-refractivity contribution < 1.29 is 0 Å². The summed E-state index contributed by atoms with van der Waals surface area (Å²) in [6.45, 7) is 4.32. The first kappa shape index (κ1) is 11.1. The lowest BCUT2D eigenvalue weighted by Crippen LogP contribution is -1.88. The van der Waals surface area contributed by atoms with E-state index >= 15 is 0 Å². The van der Waals surface area contributed by atoms with Crippen molar-refractivity contribution in [3.8, 4) is 24.2 Å². The minimum Gasteiger partial charge on any atom is -0.120 e. The molecule has 0 heteroatoms. The van der Waals surface area contributed by atoms with Crippen LogP contribution in [0.15, 0.2) is 0 Å². The normalized spacial score (nSPS) is 11.1. The molecule has 66 valence electrons. The second kappa shape index (κ2) is 8.22. The number of terminal acetylenes is 1. The average Bonchev–Trinajstić information content (AvgIpc) is 2.09. The van der Waals surface area contributed by atoms with Gasteiger partial charge in [-0.2, -0.15) is 0 Å². The molecule has 0 bridgehead atoms. The van der Waals surface area contributed by atoms with Crippen LogP contribution in [-0.2, 0) is 0 Å². The van der Waals surface area contributed by atoms with Crippen molar-refractivity contribution in [3.05, 3.63) is 0 Å². The summed E-state index contributed by atoms with van der Waals surface area (Å²) in [6.07, 6.45) is 10.5. The number of hydrogen-bond acceptors (Lipinski definition) is 0. The van der Waals surface area contributed by atoms with E-state index in [0.29, 0.717) is 5.92 Å². The van der Waals surface area contributed by atoms with Gasteiger partial charge in [-0.05, 0) is 12.8 Å². The Morgan fingerprint density at radius 1 is 1.33 bits per heavy atom. The maximum atomic E-state index is 5.15. The smallest absolute Gasteiger partial charge is 0.0183 e. The molecule has 0 rings (SSSR count). The fourth-order valence-electron chi connectivity index (χ4n) is 0.884. The molecule has 0 aliphatic carbocycles. The molecule has 0 saturated carbocycles. The van der Waals surface area contributed by atoms with E-state index in [1.54, 1.807) is 0 Å². The number of rotatable bonds is 4. The summed E-state index contributed by atoms with van der Waals surface area (Å²) >= 11 is 0. The van der Waals surface area contributed by atoms with Crippen LogP contribution in [0, 0.1) is 30.1 Å². The highest BCUT2D eigenvalue weighted by Gasteiger charge is 1.93. The van der Waals surface area contributed by atoms with Gasteiger partial charge in [-0.3, -0.25) is 0 Å². The fraction of sp³-hybridized carbons (Fsp3) is 0.667. The third kappa shape index (κ3) is 7.23. The Kier molecular flexibility index (Phi) is 7.62. The van der Waals surface area contributed by atoms with Crippen LogP contribution in [0.5, 0.6) is 0 Å². The quantitative estimate of drug-likeness (QED) is 0.440. The van der Waals surface area contributed by atoms with Crippen molar-refractivity contribution >= 4 is 0 Å². The Balaban J connectivity index is 3.44. The molecule has 0 spiro atoms. The zero-order chi connectivity index (χ0) is 9.23. The molecule has 0 amide bonds. The van der Waals surface area contributed by atoms with E-state index in [-0.39, 0.29) is 0 Å². The molecule has 1 unspecified atom stereocenters. The molecule has 1 atom stereocenters. The summed E-state index contributed by atoms with van der Waals surface area (Å²) < 4.78 is 0. The Morgan fingerprint density at radius 2 is 2.08 bits per heavy atom. The summed E-state index contributed by atoms with van der Waals surface area (Å²) in [7, 11) is 0. The van der Waals surface area contributed by atoms with E-state index in [0.717, 1.165) is 19.3 Å². The summed E-state index contributed by atoms with van der Waals surface area (Å²) in [4.78, 5) is 0. The molecule has 0 heterocycles. The third-order valence-corrected chi connectivity index (χ3v) is 1.73.